The molecule has 2 nitrogen and oxygen atoms in total. The van der Waals surface area contributed by atoms with Crippen molar-refractivity contribution < 1.29 is 9.84 Å². The minimum Gasteiger partial charge on any atom is -0.497 e. The Labute approximate surface area is 95.7 Å². The van der Waals surface area contributed by atoms with E-state index >= 15 is 0 Å². The van der Waals surface area contributed by atoms with Gasteiger partial charge in [-0.15, -0.1) is 11.8 Å². The van der Waals surface area contributed by atoms with E-state index in [-0.39, 0.29) is 0 Å². The third kappa shape index (κ3) is 5.09. The molecule has 0 amide bonds. The van der Waals surface area contributed by atoms with Gasteiger partial charge in [-0.2, -0.15) is 0 Å². The lowest BCUT2D eigenvalue weighted by Crippen LogP contribution is -2.18. The summed E-state index contributed by atoms with van der Waals surface area (Å²) in [6, 6.07) is 7.97. The first-order valence-corrected chi connectivity index (χ1v) is 5.99. The molecule has 0 fully saturated rings. The first-order valence-electron chi connectivity index (χ1n) is 5.00. The standard InChI is InChI=1S/C12H18O2S/c1-12(2,13)7-8-15-11-6-4-5-10(9-11)14-3/h4-6,9,13H,7-8H2,1-3H3. The molecule has 1 N–H and O–H groups in total. The van der Waals surface area contributed by atoms with Crippen LogP contribution in [0.2, 0.25) is 0 Å². The van der Waals surface area contributed by atoms with Gasteiger partial charge in [-0.25, -0.2) is 0 Å². The summed E-state index contributed by atoms with van der Waals surface area (Å²) >= 11 is 1.74. The van der Waals surface area contributed by atoms with Gasteiger partial charge in [0.25, 0.3) is 0 Å². The van der Waals surface area contributed by atoms with E-state index < -0.39 is 5.60 Å². The minimum atomic E-state index is -0.578. The average molecular weight is 226 g/mol. The summed E-state index contributed by atoms with van der Waals surface area (Å²) < 4.78 is 5.14. The number of methoxy groups -OCH3 is 1. The van der Waals surface area contributed by atoms with Gasteiger partial charge in [0.15, 0.2) is 0 Å². The Morgan fingerprint density at radius 1 is 1.40 bits per heavy atom. The Kier molecular flexibility index (Phi) is 4.48. The number of ether oxygens (including phenoxy) is 1. The van der Waals surface area contributed by atoms with Crippen LogP contribution < -0.4 is 4.74 Å². The predicted molar refractivity (Wildman–Crippen MR) is 64.6 cm³/mol. The summed E-state index contributed by atoms with van der Waals surface area (Å²) in [7, 11) is 1.67. The summed E-state index contributed by atoms with van der Waals surface area (Å²) in [5, 5.41) is 9.56. The lowest BCUT2D eigenvalue weighted by molar-refractivity contribution is 0.0778. The van der Waals surface area contributed by atoms with Gasteiger partial charge < -0.3 is 9.84 Å². The molecule has 15 heavy (non-hydrogen) atoms. The van der Waals surface area contributed by atoms with Gasteiger partial charge in [-0.05, 0) is 38.5 Å². The summed E-state index contributed by atoms with van der Waals surface area (Å²) in [6.07, 6.45) is 0.787. The molecule has 0 unspecified atom stereocenters. The largest absolute Gasteiger partial charge is 0.497 e. The lowest BCUT2D eigenvalue weighted by Gasteiger charge is -2.16. The predicted octanol–water partition coefficient (Wildman–Crippen LogP) is 2.95. The molecule has 0 radical (unpaired) electrons. The van der Waals surface area contributed by atoms with Crippen molar-refractivity contribution >= 4 is 11.8 Å². The molecule has 1 aromatic carbocycles. The summed E-state index contributed by atoms with van der Waals surface area (Å²) in [5.74, 6) is 1.79. The van der Waals surface area contributed by atoms with E-state index in [2.05, 4.69) is 6.07 Å². The zero-order valence-corrected chi connectivity index (χ0v) is 10.3. The van der Waals surface area contributed by atoms with Crippen molar-refractivity contribution in [2.75, 3.05) is 12.9 Å². The SMILES string of the molecule is COc1cccc(SCCC(C)(C)O)c1. The summed E-state index contributed by atoms with van der Waals surface area (Å²) in [5.41, 5.74) is -0.578. The number of thioether (sulfide) groups is 1. The van der Waals surface area contributed by atoms with Crippen LogP contribution in [0.15, 0.2) is 29.2 Å². The molecule has 0 saturated carbocycles. The van der Waals surface area contributed by atoms with Crippen LogP contribution >= 0.6 is 11.8 Å². The highest BCUT2D eigenvalue weighted by Crippen LogP contribution is 2.24. The monoisotopic (exact) mass is 226 g/mol. The maximum atomic E-state index is 9.56. The fraction of sp³-hybridized carbons (Fsp3) is 0.500. The summed E-state index contributed by atoms with van der Waals surface area (Å²) in [4.78, 5) is 1.18. The molecule has 0 heterocycles. The van der Waals surface area contributed by atoms with Crippen molar-refractivity contribution in [3.8, 4) is 5.75 Å². The molecule has 0 aromatic heterocycles. The Bertz CT molecular complexity index is 305. The van der Waals surface area contributed by atoms with Crippen LogP contribution in [0.4, 0.5) is 0 Å². The molecule has 3 heteroatoms. The van der Waals surface area contributed by atoms with E-state index in [1.807, 2.05) is 32.0 Å². The molecule has 0 aliphatic heterocycles. The fourth-order valence-electron chi connectivity index (χ4n) is 1.11. The molecule has 1 aromatic rings. The first-order chi connectivity index (χ1) is 7.01. The average Bonchev–Trinajstić information content (AvgIpc) is 2.16. The molecule has 1 rings (SSSR count). The van der Waals surface area contributed by atoms with Gasteiger partial charge >= 0.3 is 0 Å². The first kappa shape index (κ1) is 12.4. The topological polar surface area (TPSA) is 29.5 Å². The van der Waals surface area contributed by atoms with Crippen LogP contribution in [0.3, 0.4) is 0 Å². The van der Waals surface area contributed by atoms with Crippen molar-refractivity contribution in [1.29, 1.82) is 0 Å². The van der Waals surface area contributed by atoms with Crippen molar-refractivity contribution in [2.45, 2.75) is 30.8 Å². The molecular weight excluding hydrogens is 208 g/mol. The van der Waals surface area contributed by atoms with Gasteiger partial charge in [0.05, 0.1) is 12.7 Å². The second kappa shape index (κ2) is 5.42. The fourth-order valence-corrected chi connectivity index (χ4v) is 2.32. The normalized spacial score (nSPS) is 11.5. The van der Waals surface area contributed by atoms with Gasteiger partial charge in [0.2, 0.25) is 0 Å². The second-order valence-corrected chi connectivity index (χ2v) is 5.26. The number of rotatable bonds is 5. The third-order valence-electron chi connectivity index (χ3n) is 2.02. The molecule has 0 bridgehead atoms. The highest BCUT2D eigenvalue weighted by Gasteiger charge is 2.11. The van der Waals surface area contributed by atoms with E-state index in [4.69, 9.17) is 4.74 Å². The molecule has 0 atom stereocenters. The van der Waals surface area contributed by atoms with Crippen molar-refractivity contribution in [3.63, 3.8) is 0 Å². The number of aliphatic hydroxyl groups is 1. The van der Waals surface area contributed by atoms with Crippen molar-refractivity contribution in [2.24, 2.45) is 0 Å². The molecule has 84 valence electrons. The Morgan fingerprint density at radius 2 is 2.13 bits per heavy atom. The van der Waals surface area contributed by atoms with E-state index in [9.17, 15) is 5.11 Å². The molecule has 0 spiro atoms. The van der Waals surface area contributed by atoms with Crippen LogP contribution in [-0.4, -0.2) is 23.6 Å². The van der Waals surface area contributed by atoms with Gasteiger partial charge in [0.1, 0.15) is 5.75 Å². The van der Waals surface area contributed by atoms with Crippen LogP contribution in [0.1, 0.15) is 20.3 Å². The van der Waals surface area contributed by atoms with Crippen LogP contribution in [0, 0.1) is 0 Å². The molecule has 0 saturated heterocycles. The number of hydrogen-bond donors (Lipinski definition) is 1. The van der Waals surface area contributed by atoms with E-state index in [1.165, 1.54) is 4.90 Å². The summed E-state index contributed by atoms with van der Waals surface area (Å²) in [6.45, 7) is 3.66. The Balaban J connectivity index is 2.44. The lowest BCUT2D eigenvalue weighted by atomic mass is 10.1. The molecule has 0 aliphatic rings. The minimum absolute atomic E-state index is 0.578. The quantitative estimate of drug-likeness (QED) is 0.783. The van der Waals surface area contributed by atoms with Crippen LogP contribution in [0.5, 0.6) is 5.75 Å². The maximum Gasteiger partial charge on any atom is 0.119 e. The Morgan fingerprint density at radius 3 is 2.73 bits per heavy atom. The van der Waals surface area contributed by atoms with Crippen molar-refractivity contribution in [3.05, 3.63) is 24.3 Å². The highest BCUT2D eigenvalue weighted by molar-refractivity contribution is 7.99. The maximum absolute atomic E-state index is 9.56. The zero-order valence-electron chi connectivity index (χ0n) is 9.49. The number of hydrogen-bond acceptors (Lipinski definition) is 3. The van der Waals surface area contributed by atoms with Crippen molar-refractivity contribution in [1.82, 2.24) is 0 Å². The van der Waals surface area contributed by atoms with Gasteiger partial charge in [-0.3, -0.25) is 0 Å². The molecule has 0 aliphatic carbocycles. The number of benzene rings is 1. The smallest absolute Gasteiger partial charge is 0.119 e. The van der Waals surface area contributed by atoms with E-state index in [0.717, 1.165) is 17.9 Å². The van der Waals surface area contributed by atoms with Gasteiger partial charge in [0, 0.05) is 10.6 Å². The van der Waals surface area contributed by atoms with E-state index in [1.54, 1.807) is 18.9 Å². The zero-order chi connectivity index (χ0) is 11.3. The van der Waals surface area contributed by atoms with Crippen LogP contribution in [-0.2, 0) is 0 Å². The highest BCUT2D eigenvalue weighted by atomic mass is 32.2. The Hall–Kier alpha value is -0.670. The van der Waals surface area contributed by atoms with Gasteiger partial charge in [-0.1, -0.05) is 6.07 Å². The second-order valence-electron chi connectivity index (χ2n) is 4.09. The van der Waals surface area contributed by atoms with Crippen LogP contribution in [0.25, 0.3) is 0 Å². The van der Waals surface area contributed by atoms with E-state index in [0.29, 0.717) is 0 Å². The molecular formula is C12H18O2S. The third-order valence-corrected chi connectivity index (χ3v) is 3.02.